The van der Waals surface area contributed by atoms with Gasteiger partial charge in [-0.2, -0.15) is 0 Å². The van der Waals surface area contributed by atoms with Gasteiger partial charge in [0, 0.05) is 16.5 Å². The largest absolute Gasteiger partial charge is 0.487 e. The predicted octanol–water partition coefficient (Wildman–Crippen LogP) is 5.32. The molecule has 4 rings (SSSR count). The Hall–Kier alpha value is -2.04. The van der Waals surface area contributed by atoms with Gasteiger partial charge in [0.15, 0.2) is 0 Å². The van der Waals surface area contributed by atoms with Gasteiger partial charge in [0.2, 0.25) is 0 Å². The van der Waals surface area contributed by atoms with E-state index in [1.807, 2.05) is 36.4 Å². The van der Waals surface area contributed by atoms with Crippen molar-refractivity contribution in [3.8, 4) is 27.6 Å². The summed E-state index contributed by atoms with van der Waals surface area (Å²) < 4.78 is 5.82. The van der Waals surface area contributed by atoms with Crippen LogP contribution in [0.2, 0.25) is 5.02 Å². The standard InChI is InChI=1S/C18H15ClN2OS/c1-11-9-20-15-8-12(6-7-17(15)22-11)16-10-23-18(21-16)13-4-2-3-5-14(13)19/h2-8,10-11,20H,9H2,1H3. The van der Waals surface area contributed by atoms with E-state index in [0.29, 0.717) is 0 Å². The van der Waals surface area contributed by atoms with Crippen LogP contribution in [0, 0.1) is 0 Å². The zero-order valence-corrected chi connectivity index (χ0v) is 14.1. The molecule has 3 aromatic rings. The van der Waals surface area contributed by atoms with Gasteiger partial charge in [-0.3, -0.25) is 0 Å². The molecule has 0 amide bonds. The average Bonchev–Trinajstić information content (AvgIpc) is 3.04. The highest BCUT2D eigenvalue weighted by Gasteiger charge is 2.17. The lowest BCUT2D eigenvalue weighted by molar-refractivity contribution is 0.226. The summed E-state index contributed by atoms with van der Waals surface area (Å²) in [6.07, 6.45) is 0.194. The van der Waals surface area contributed by atoms with Crippen LogP contribution in [-0.4, -0.2) is 17.6 Å². The van der Waals surface area contributed by atoms with Crippen molar-refractivity contribution in [2.24, 2.45) is 0 Å². The Morgan fingerprint density at radius 2 is 2.13 bits per heavy atom. The number of hydrogen-bond acceptors (Lipinski definition) is 4. The average molecular weight is 343 g/mol. The van der Waals surface area contributed by atoms with Crippen molar-refractivity contribution in [3.63, 3.8) is 0 Å². The summed E-state index contributed by atoms with van der Waals surface area (Å²) in [4.78, 5) is 4.74. The molecule has 0 saturated heterocycles. The topological polar surface area (TPSA) is 34.2 Å². The van der Waals surface area contributed by atoms with Crippen LogP contribution in [0.5, 0.6) is 5.75 Å². The van der Waals surface area contributed by atoms with Crippen LogP contribution in [0.4, 0.5) is 5.69 Å². The zero-order valence-electron chi connectivity index (χ0n) is 12.5. The smallest absolute Gasteiger partial charge is 0.142 e. The van der Waals surface area contributed by atoms with Gasteiger partial charge in [0.05, 0.1) is 22.9 Å². The number of anilines is 1. The van der Waals surface area contributed by atoms with Crippen molar-refractivity contribution in [1.82, 2.24) is 4.98 Å². The minimum Gasteiger partial charge on any atom is -0.487 e. The quantitative estimate of drug-likeness (QED) is 0.684. The highest BCUT2D eigenvalue weighted by molar-refractivity contribution is 7.13. The molecule has 116 valence electrons. The number of nitrogens with zero attached hydrogens (tertiary/aromatic N) is 1. The van der Waals surface area contributed by atoms with Gasteiger partial charge in [0.1, 0.15) is 16.9 Å². The highest BCUT2D eigenvalue weighted by Crippen LogP contribution is 2.36. The highest BCUT2D eigenvalue weighted by atomic mass is 35.5. The Bertz CT molecular complexity index is 862. The molecule has 1 N–H and O–H groups in total. The first-order valence-corrected chi connectivity index (χ1v) is 8.72. The monoisotopic (exact) mass is 342 g/mol. The van der Waals surface area contributed by atoms with Crippen LogP contribution in [0.25, 0.3) is 21.8 Å². The van der Waals surface area contributed by atoms with Crippen LogP contribution >= 0.6 is 22.9 Å². The maximum atomic E-state index is 6.26. The Morgan fingerprint density at radius 1 is 1.26 bits per heavy atom. The van der Waals surface area contributed by atoms with Gasteiger partial charge in [-0.1, -0.05) is 29.8 Å². The Kier molecular flexibility index (Phi) is 3.71. The van der Waals surface area contributed by atoms with E-state index in [9.17, 15) is 0 Å². The normalized spacial score (nSPS) is 16.3. The van der Waals surface area contributed by atoms with E-state index in [1.165, 1.54) is 0 Å². The van der Waals surface area contributed by atoms with Crippen LogP contribution < -0.4 is 10.1 Å². The van der Waals surface area contributed by atoms with E-state index in [4.69, 9.17) is 21.3 Å². The summed E-state index contributed by atoms with van der Waals surface area (Å²) in [7, 11) is 0. The summed E-state index contributed by atoms with van der Waals surface area (Å²) in [6.45, 7) is 2.87. The molecule has 1 atom stereocenters. The summed E-state index contributed by atoms with van der Waals surface area (Å²) in [6, 6.07) is 13.9. The fraction of sp³-hybridized carbons (Fsp3) is 0.167. The van der Waals surface area contributed by atoms with Crippen molar-refractivity contribution in [3.05, 3.63) is 52.9 Å². The molecule has 2 aromatic carbocycles. The third kappa shape index (κ3) is 2.80. The molecule has 1 aliphatic rings. The van der Waals surface area contributed by atoms with Gasteiger partial charge < -0.3 is 10.1 Å². The second-order valence-electron chi connectivity index (χ2n) is 5.54. The van der Waals surface area contributed by atoms with Crippen LogP contribution in [0.15, 0.2) is 47.8 Å². The van der Waals surface area contributed by atoms with E-state index < -0.39 is 0 Å². The lowest BCUT2D eigenvalue weighted by Gasteiger charge is -2.25. The first-order chi connectivity index (χ1) is 11.2. The Morgan fingerprint density at radius 3 is 3.00 bits per heavy atom. The maximum absolute atomic E-state index is 6.26. The van der Waals surface area contributed by atoms with Crippen LogP contribution in [-0.2, 0) is 0 Å². The molecule has 1 aliphatic heterocycles. The lowest BCUT2D eigenvalue weighted by Crippen LogP contribution is -2.27. The zero-order chi connectivity index (χ0) is 15.8. The minimum absolute atomic E-state index is 0.194. The number of halogens is 1. The summed E-state index contributed by atoms with van der Waals surface area (Å²) >= 11 is 7.86. The second-order valence-corrected chi connectivity index (χ2v) is 6.80. The molecule has 5 heteroatoms. The molecular weight excluding hydrogens is 328 g/mol. The first-order valence-electron chi connectivity index (χ1n) is 7.46. The molecule has 1 aromatic heterocycles. The fourth-order valence-electron chi connectivity index (χ4n) is 2.61. The third-order valence-corrected chi connectivity index (χ3v) is 5.00. The SMILES string of the molecule is CC1CNc2cc(-c3csc(-c4ccccc4Cl)n3)ccc2O1. The van der Waals surface area contributed by atoms with E-state index >= 15 is 0 Å². The molecule has 23 heavy (non-hydrogen) atoms. The van der Waals surface area contributed by atoms with E-state index in [0.717, 1.165) is 44.8 Å². The number of thiazole rings is 1. The molecule has 0 saturated carbocycles. The van der Waals surface area contributed by atoms with E-state index in [-0.39, 0.29) is 6.10 Å². The number of benzene rings is 2. The minimum atomic E-state index is 0.194. The summed E-state index contributed by atoms with van der Waals surface area (Å²) in [5.74, 6) is 0.897. The fourth-order valence-corrected chi connectivity index (χ4v) is 3.76. The molecular formula is C18H15ClN2OS. The summed E-state index contributed by atoms with van der Waals surface area (Å²) in [5, 5.41) is 7.12. The van der Waals surface area contributed by atoms with Gasteiger partial charge in [-0.25, -0.2) is 4.98 Å². The van der Waals surface area contributed by atoms with Crippen molar-refractivity contribution in [2.75, 3.05) is 11.9 Å². The molecule has 3 nitrogen and oxygen atoms in total. The summed E-state index contributed by atoms with van der Waals surface area (Å²) in [5.41, 5.74) is 4.02. The van der Waals surface area contributed by atoms with Gasteiger partial charge in [-0.15, -0.1) is 11.3 Å². The molecule has 0 bridgehead atoms. The van der Waals surface area contributed by atoms with Crippen LogP contribution in [0.1, 0.15) is 6.92 Å². The van der Waals surface area contributed by atoms with Crippen molar-refractivity contribution in [2.45, 2.75) is 13.0 Å². The molecule has 0 aliphatic carbocycles. The number of rotatable bonds is 2. The third-order valence-electron chi connectivity index (χ3n) is 3.79. The van der Waals surface area contributed by atoms with Gasteiger partial charge in [0.25, 0.3) is 0 Å². The number of aromatic nitrogens is 1. The van der Waals surface area contributed by atoms with E-state index in [2.05, 4.69) is 23.7 Å². The van der Waals surface area contributed by atoms with Crippen molar-refractivity contribution in [1.29, 1.82) is 0 Å². The number of ether oxygens (including phenoxy) is 1. The molecule has 0 spiro atoms. The maximum Gasteiger partial charge on any atom is 0.142 e. The number of hydrogen-bond donors (Lipinski definition) is 1. The molecule has 1 unspecified atom stereocenters. The molecule has 0 fully saturated rings. The number of fused-ring (bicyclic) bond motifs is 1. The first kappa shape index (κ1) is 14.5. The van der Waals surface area contributed by atoms with Crippen molar-refractivity contribution < 1.29 is 4.74 Å². The molecule has 0 radical (unpaired) electrons. The Labute approximate surface area is 143 Å². The lowest BCUT2D eigenvalue weighted by atomic mass is 10.1. The van der Waals surface area contributed by atoms with Crippen molar-refractivity contribution >= 4 is 28.6 Å². The Balaban J connectivity index is 1.69. The molecule has 2 heterocycles. The predicted molar refractivity (Wildman–Crippen MR) is 96.6 cm³/mol. The second kappa shape index (κ2) is 5.87. The van der Waals surface area contributed by atoms with Gasteiger partial charge >= 0.3 is 0 Å². The van der Waals surface area contributed by atoms with Crippen LogP contribution in [0.3, 0.4) is 0 Å². The van der Waals surface area contributed by atoms with Gasteiger partial charge in [-0.05, 0) is 31.2 Å². The number of nitrogens with one attached hydrogen (secondary N) is 1. The van der Waals surface area contributed by atoms with E-state index in [1.54, 1.807) is 11.3 Å².